The van der Waals surface area contributed by atoms with Gasteiger partial charge < -0.3 is 15.4 Å². The zero-order chi connectivity index (χ0) is 15.8. The SMILES string of the molecule is CCCNc1ncc(Br)c(NC(CC(C)C)C(=O)OC)n1. The molecule has 0 aromatic carbocycles. The van der Waals surface area contributed by atoms with Crippen molar-refractivity contribution in [3.8, 4) is 0 Å². The summed E-state index contributed by atoms with van der Waals surface area (Å²) in [4.78, 5) is 20.4. The lowest BCUT2D eigenvalue weighted by molar-refractivity contribution is -0.141. The Morgan fingerprint density at radius 3 is 2.76 bits per heavy atom. The summed E-state index contributed by atoms with van der Waals surface area (Å²) in [6, 6.07) is -0.430. The van der Waals surface area contributed by atoms with Crippen LogP contribution < -0.4 is 10.6 Å². The Bertz CT molecular complexity index is 468. The second-order valence-corrected chi connectivity index (χ2v) is 6.02. The second kappa shape index (κ2) is 8.81. The molecule has 0 amide bonds. The third-order valence-electron chi connectivity index (χ3n) is 2.78. The zero-order valence-corrected chi connectivity index (χ0v) is 14.5. The molecule has 0 aliphatic rings. The summed E-state index contributed by atoms with van der Waals surface area (Å²) in [5.74, 6) is 1.19. The maximum atomic E-state index is 11.9. The summed E-state index contributed by atoms with van der Waals surface area (Å²) >= 11 is 3.40. The largest absolute Gasteiger partial charge is 0.467 e. The summed E-state index contributed by atoms with van der Waals surface area (Å²) in [5.41, 5.74) is 0. The minimum absolute atomic E-state index is 0.294. The van der Waals surface area contributed by atoms with Gasteiger partial charge in [0.1, 0.15) is 11.9 Å². The first kappa shape index (κ1) is 17.7. The molecule has 0 saturated carbocycles. The molecule has 2 N–H and O–H groups in total. The van der Waals surface area contributed by atoms with Crippen molar-refractivity contribution in [2.24, 2.45) is 5.92 Å². The molecule has 1 unspecified atom stereocenters. The van der Waals surface area contributed by atoms with Crippen LogP contribution in [-0.2, 0) is 9.53 Å². The van der Waals surface area contributed by atoms with Crippen molar-refractivity contribution < 1.29 is 9.53 Å². The van der Waals surface area contributed by atoms with Gasteiger partial charge in [0.25, 0.3) is 0 Å². The van der Waals surface area contributed by atoms with Crippen molar-refractivity contribution in [2.75, 3.05) is 24.3 Å². The van der Waals surface area contributed by atoms with Crippen LogP contribution in [0.4, 0.5) is 11.8 Å². The zero-order valence-electron chi connectivity index (χ0n) is 12.9. The summed E-state index contributed by atoms with van der Waals surface area (Å²) in [5, 5.41) is 6.25. The van der Waals surface area contributed by atoms with Gasteiger partial charge in [0.15, 0.2) is 0 Å². The van der Waals surface area contributed by atoms with E-state index in [1.54, 1.807) is 6.20 Å². The molecule has 1 heterocycles. The lowest BCUT2D eigenvalue weighted by atomic mass is 10.0. The molecule has 6 nitrogen and oxygen atoms in total. The van der Waals surface area contributed by atoms with E-state index in [9.17, 15) is 4.79 Å². The van der Waals surface area contributed by atoms with Crippen molar-refractivity contribution in [1.82, 2.24) is 9.97 Å². The number of rotatable bonds is 8. The van der Waals surface area contributed by atoms with E-state index in [-0.39, 0.29) is 5.97 Å². The average Bonchev–Trinajstić information content (AvgIpc) is 2.45. The molecule has 0 radical (unpaired) electrons. The predicted octanol–water partition coefficient (Wildman–Crippen LogP) is 3.06. The van der Waals surface area contributed by atoms with E-state index in [1.165, 1.54) is 7.11 Å². The fraction of sp³-hybridized carbons (Fsp3) is 0.643. The number of esters is 1. The number of carbonyl (C=O) groups is 1. The standard InChI is InChI=1S/C14H23BrN4O2/c1-5-6-16-14-17-8-10(15)12(19-14)18-11(7-9(2)3)13(20)21-4/h8-9,11H,5-7H2,1-4H3,(H2,16,17,18,19). The van der Waals surface area contributed by atoms with Gasteiger partial charge in [-0.05, 0) is 34.7 Å². The van der Waals surface area contributed by atoms with Crippen LogP contribution in [0.15, 0.2) is 10.7 Å². The molecule has 0 spiro atoms. The first-order valence-electron chi connectivity index (χ1n) is 7.08. The Kier molecular flexibility index (Phi) is 7.42. The molecule has 1 aromatic rings. The number of carbonyl (C=O) groups excluding carboxylic acids is 1. The first-order valence-corrected chi connectivity index (χ1v) is 7.88. The van der Waals surface area contributed by atoms with Gasteiger partial charge >= 0.3 is 5.97 Å². The molecule has 1 rings (SSSR count). The highest BCUT2D eigenvalue weighted by molar-refractivity contribution is 9.10. The molecule has 0 saturated heterocycles. The molecule has 21 heavy (non-hydrogen) atoms. The van der Waals surface area contributed by atoms with Crippen LogP contribution in [0.25, 0.3) is 0 Å². The summed E-state index contributed by atoms with van der Waals surface area (Å²) in [6.07, 6.45) is 3.32. The molecular weight excluding hydrogens is 336 g/mol. The van der Waals surface area contributed by atoms with E-state index in [1.807, 2.05) is 0 Å². The van der Waals surface area contributed by atoms with E-state index in [0.717, 1.165) is 13.0 Å². The minimum Gasteiger partial charge on any atom is -0.467 e. The molecule has 0 bridgehead atoms. The third kappa shape index (κ3) is 5.87. The van der Waals surface area contributed by atoms with E-state index in [2.05, 4.69) is 57.3 Å². The number of anilines is 2. The van der Waals surface area contributed by atoms with Crippen LogP contribution in [0, 0.1) is 5.92 Å². The molecule has 0 aliphatic carbocycles. The number of halogens is 1. The second-order valence-electron chi connectivity index (χ2n) is 5.17. The van der Waals surface area contributed by atoms with Gasteiger partial charge in [0.2, 0.25) is 5.95 Å². The Hall–Kier alpha value is -1.37. The highest BCUT2D eigenvalue weighted by Gasteiger charge is 2.22. The molecule has 0 aliphatic heterocycles. The maximum Gasteiger partial charge on any atom is 0.328 e. The summed E-state index contributed by atoms with van der Waals surface area (Å²) < 4.78 is 5.56. The molecule has 1 atom stereocenters. The summed E-state index contributed by atoms with van der Waals surface area (Å²) in [7, 11) is 1.39. The number of nitrogens with one attached hydrogen (secondary N) is 2. The van der Waals surface area contributed by atoms with Crippen molar-refractivity contribution in [1.29, 1.82) is 0 Å². The molecule has 118 valence electrons. The molecular formula is C14H23BrN4O2. The number of hydrogen-bond donors (Lipinski definition) is 2. The van der Waals surface area contributed by atoms with Crippen LogP contribution >= 0.6 is 15.9 Å². The lowest BCUT2D eigenvalue weighted by Crippen LogP contribution is -2.32. The molecule has 7 heteroatoms. The number of hydrogen-bond acceptors (Lipinski definition) is 6. The Morgan fingerprint density at radius 1 is 1.48 bits per heavy atom. The lowest BCUT2D eigenvalue weighted by Gasteiger charge is -2.19. The van der Waals surface area contributed by atoms with Gasteiger partial charge in [0.05, 0.1) is 11.6 Å². The minimum atomic E-state index is -0.430. The Labute approximate surface area is 134 Å². The topological polar surface area (TPSA) is 76.1 Å². The number of aromatic nitrogens is 2. The van der Waals surface area contributed by atoms with E-state index < -0.39 is 6.04 Å². The fourth-order valence-electron chi connectivity index (χ4n) is 1.78. The van der Waals surface area contributed by atoms with Gasteiger partial charge in [-0.15, -0.1) is 0 Å². The normalized spacial score (nSPS) is 12.1. The van der Waals surface area contributed by atoms with E-state index >= 15 is 0 Å². The van der Waals surface area contributed by atoms with Crippen LogP contribution in [-0.4, -0.2) is 35.6 Å². The maximum absolute atomic E-state index is 11.9. The molecule has 1 aromatic heterocycles. The van der Waals surface area contributed by atoms with Gasteiger partial charge in [-0.1, -0.05) is 20.8 Å². The highest BCUT2D eigenvalue weighted by atomic mass is 79.9. The Balaban J connectivity index is 2.88. The van der Waals surface area contributed by atoms with Crippen molar-refractivity contribution in [2.45, 2.75) is 39.7 Å². The van der Waals surface area contributed by atoms with Crippen molar-refractivity contribution >= 4 is 33.7 Å². The quantitative estimate of drug-likeness (QED) is 0.695. The average molecular weight is 359 g/mol. The van der Waals surface area contributed by atoms with Gasteiger partial charge in [-0.2, -0.15) is 4.98 Å². The fourth-order valence-corrected chi connectivity index (χ4v) is 2.09. The molecule has 0 fully saturated rings. The highest BCUT2D eigenvalue weighted by Crippen LogP contribution is 2.22. The van der Waals surface area contributed by atoms with Gasteiger partial charge in [-0.25, -0.2) is 9.78 Å². The Morgan fingerprint density at radius 2 is 2.19 bits per heavy atom. The first-order chi connectivity index (χ1) is 9.97. The summed E-state index contributed by atoms with van der Waals surface area (Å²) in [6.45, 7) is 6.98. The van der Waals surface area contributed by atoms with Crippen LogP contribution in [0.1, 0.15) is 33.6 Å². The van der Waals surface area contributed by atoms with Crippen molar-refractivity contribution in [3.05, 3.63) is 10.7 Å². The number of ether oxygens (including phenoxy) is 1. The van der Waals surface area contributed by atoms with Gasteiger partial charge in [0, 0.05) is 12.7 Å². The predicted molar refractivity (Wildman–Crippen MR) is 87.4 cm³/mol. The van der Waals surface area contributed by atoms with E-state index in [4.69, 9.17) is 4.74 Å². The van der Waals surface area contributed by atoms with Crippen LogP contribution in [0.2, 0.25) is 0 Å². The smallest absolute Gasteiger partial charge is 0.328 e. The monoisotopic (exact) mass is 358 g/mol. The van der Waals surface area contributed by atoms with Crippen LogP contribution in [0.3, 0.4) is 0 Å². The van der Waals surface area contributed by atoms with Crippen molar-refractivity contribution in [3.63, 3.8) is 0 Å². The van der Waals surface area contributed by atoms with Crippen LogP contribution in [0.5, 0.6) is 0 Å². The number of methoxy groups -OCH3 is 1. The van der Waals surface area contributed by atoms with E-state index in [0.29, 0.717) is 28.6 Å². The number of nitrogens with zero attached hydrogens (tertiary/aromatic N) is 2. The third-order valence-corrected chi connectivity index (χ3v) is 3.36. The van der Waals surface area contributed by atoms with Gasteiger partial charge in [-0.3, -0.25) is 0 Å².